The fraction of sp³-hybridized carbons (Fsp3) is 0.701. The van der Waals surface area contributed by atoms with Gasteiger partial charge in [-0.2, -0.15) is 0 Å². The third-order valence-electron chi connectivity index (χ3n) is 19.2. The highest BCUT2D eigenvalue weighted by Gasteiger charge is 2.29. The van der Waals surface area contributed by atoms with Crippen molar-refractivity contribution in [2.75, 3.05) is 39.6 Å². The molecule has 0 aliphatic heterocycles. The molecular formula is C97H166O16P2. The van der Waals surface area contributed by atoms with E-state index >= 15 is 0 Å². The van der Waals surface area contributed by atoms with Crippen LogP contribution in [0, 0.1) is 0 Å². The van der Waals surface area contributed by atoms with Crippen molar-refractivity contribution in [1.29, 1.82) is 0 Å². The summed E-state index contributed by atoms with van der Waals surface area (Å²) in [7, 11) is -9.81. The lowest BCUT2D eigenvalue weighted by atomic mass is 10.0. The van der Waals surface area contributed by atoms with E-state index in [0.29, 0.717) is 19.3 Å². The second-order valence-corrected chi connectivity index (χ2v) is 33.2. The number of aliphatic hydroxyl groups is 2. The first kappa shape index (κ1) is 110. The van der Waals surface area contributed by atoms with E-state index in [2.05, 4.69) is 179 Å². The molecule has 0 amide bonds. The van der Waals surface area contributed by atoms with Crippen LogP contribution in [0.3, 0.4) is 0 Å². The van der Waals surface area contributed by atoms with Gasteiger partial charge in [0.15, 0.2) is 6.10 Å². The quantitative estimate of drug-likeness (QED) is 0.0146. The minimum Gasteiger partial charge on any atom is -0.463 e. The van der Waals surface area contributed by atoms with Gasteiger partial charge in [0.1, 0.15) is 25.4 Å². The predicted octanol–water partition coefficient (Wildman–Crippen LogP) is 28.1. The Morgan fingerprint density at radius 3 is 0.730 bits per heavy atom. The number of rotatable bonds is 86. The summed E-state index contributed by atoms with van der Waals surface area (Å²) in [4.78, 5) is 59.0. The van der Waals surface area contributed by atoms with Crippen LogP contribution in [0.25, 0.3) is 0 Å². The summed E-state index contributed by atoms with van der Waals surface area (Å²) in [6.45, 7) is 2.46. The molecule has 0 heterocycles. The van der Waals surface area contributed by atoms with Crippen molar-refractivity contribution in [3.05, 3.63) is 158 Å². The highest BCUT2D eigenvalue weighted by molar-refractivity contribution is 7.47. The molecule has 0 bridgehead atoms. The van der Waals surface area contributed by atoms with Crippen LogP contribution in [-0.2, 0) is 55.8 Å². The number of hydrogen-bond donors (Lipinski definition) is 4. The molecule has 0 fully saturated rings. The largest absolute Gasteiger partial charge is 0.472 e. The second kappa shape index (κ2) is 88.5. The molecule has 5 unspecified atom stereocenters. The molecule has 16 nitrogen and oxygen atoms in total. The second-order valence-electron chi connectivity index (χ2n) is 30.3. The van der Waals surface area contributed by atoms with Crippen molar-refractivity contribution in [1.82, 2.24) is 0 Å². The number of phosphoric acid groups is 2. The van der Waals surface area contributed by atoms with Gasteiger partial charge in [-0.25, -0.2) is 9.13 Å². The Morgan fingerprint density at radius 1 is 0.252 bits per heavy atom. The molecule has 0 aliphatic rings. The van der Waals surface area contributed by atoms with E-state index in [1.54, 1.807) is 0 Å². The van der Waals surface area contributed by atoms with E-state index in [4.69, 9.17) is 32.3 Å². The van der Waals surface area contributed by atoms with Crippen molar-refractivity contribution >= 4 is 33.6 Å². The molecule has 0 aromatic carbocycles. The van der Waals surface area contributed by atoms with Crippen LogP contribution in [0.4, 0.5) is 0 Å². The van der Waals surface area contributed by atoms with Crippen molar-refractivity contribution in [3.63, 3.8) is 0 Å². The average molecular weight is 1650 g/mol. The van der Waals surface area contributed by atoms with Gasteiger partial charge in [0.25, 0.3) is 0 Å². The molecule has 0 saturated heterocycles. The maximum Gasteiger partial charge on any atom is 0.472 e. The maximum atomic E-state index is 13.0. The molecule has 0 saturated carbocycles. The lowest BCUT2D eigenvalue weighted by Crippen LogP contribution is -2.30. The zero-order chi connectivity index (χ0) is 83.6. The predicted molar refractivity (Wildman–Crippen MR) is 482 cm³/mol. The van der Waals surface area contributed by atoms with Gasteiger partial charge >= 0.3 is 33.6 Å². The normalized spacial score (nSPS) is 14.5. The summed E-state index contributed by atoms with van der Waals surface area (Å²) in [5.41, 5.74) is 0. The highest BCUT2D eigenvalue weighted by Crippen LogP contribution is 2.45. The number of carbonyl (C=O) groups is 3. The van der Waals surface area contributed by atoms with Crippen LogP contribution in [0.2, 0.25) is 0 Å². The van der Waals surface area contributed by atoms with E-state index in [1.165, 1.54) is 148 Å². The zero-order valence-corrected chi connectivity index (χ0v) is 74.5. The van der Waals surface area contributed by atoms with Crippen molar-refractivity contribution in [2.24, 2.45) is 0 Å². The summed E-state index contributed by atoms with van der Waals surface area (Å²) in [6.07, 6.45) is 113. The van der Waals surface area contributed by atoms with Gasteiger partial charge < -0.3 is 34.2 Å². The third-order valence-corrected chi connectivity index (χ3v) is 21.1. The Bertz CT molecular complexity index is 2720. The van der Waals surface area contributed by atoms with Gasteiger partial charge in [0.2, 0.25) is 0 Å². The van der Waals surface area contributed by atoms with Crippen molar-refractivity contribution in [3.8, 4) is 0 Å². The Balaban J connectivity index is 4.54. The number of allylic oxidation sites excluding steroid dienone is 26. The standard InChI is InChI=1S/C97H166O16P2/c1-4-7-10-13-16-19-22-25-28-31-34-36-38-40-42-43-44-45-46-47-49-51-52-54-57-59-62-65-68-71-74-77-80-83-95(100)107-86-92(98)87-109-114(103,104)110-88-93(99)89-111-115(105,106)112-91-94(113-97(102)85-82-79-76-73-70-67-64-61-56-33-30-27-24-21-18-15-12-9-6-3)90-108-96(101)84-81-78-75-72-69-66-63-60-58-55-53-50-48-41-39-37-35-32-29-26-23-20-17-14-11-8-5-2/h7-8,10-11,16-21,25-30,34-37,40-42,48,56,61,92-94,98-99H,4-6,9,12-15,22-24,31-33,38-39,43-47,49-55,57-60,62-91H2,1-3H3,(H,103,104)(H,105,106)/b10-7-,11-8-,19-16-,20-17-,21-18-,28-25-,29-26-,30-27-,36-34-,37-35-,42-40-,48-41-,61-56-. The lowest BCUT2D eigenvalue weighted by molar-refractivity contribution is -0.161. The van der Waals surface area contributed by atoms with Crippen molar-refractivity contribution < 1.29 is 75.8 Å². The average Bonchev–Trinajstić information content (AvgIpc) is 0.902. The summed E-state index contributed by atoms with van der Waals surface area (Å²) in [5.74, 6) is -1.58. The first-order valence-electron chi connectivity index (χ1n) is 45.8. The van der Waals surface area contributed by atoms with Crippen LogP contribution >= 0.6 is 15.6 Å². The minimum absolute atomic E-state index is 0.0867. The monoisotopic (exact) mass is 1650 g/mol. The maximum absolute atomic E-state index is 13.0. The number of unbranched alkanes of at least 4 members (excludes halogenated alkanes) is 37. The van der Waals surface area contributed by atoms with Crippen molar-refractivity contribution in [2.45, 2.75) is 399 Å². The number of hydrogen-bond acceptors (Lipinski definition) is 14. The minimum atomic E-state index is -4.95. The molecule has 0 aromatic rings. The van der Waals surface area contributed by atoms with Gasteiger partial charge in [-0.05, 0) is 148 Å². The zero-order valence-electron chi connectivity index (χ0n) is 72.7. The molecule has 0 radical (unpaired) electrons. The SMILES string of the molecule is CC/C=C\C/C=C\C/C=C\C/C=C\C/C=C\CCCCCCCCCCCCCCCCCCCC(=O)OCC(O)COP(=O)(O)OCC(O)COP(=O)(O)OCC(COC(=O)CCCCCCCCCCCCC/C=C\C/C=C\C/C=C\C/C=C\C/C=C\CC)OC(=O)CCCCCCCC/C=C\C/C=C\C/C=C\CCCCC. The molecular weight excluding hydrogens is 1480 g/mol. The van der Waals surface area contributed by atoms with Gasteiger partial charge in [-0.3, -0.25) is 32.5 Å². The molecule has 0 aliphatic carbocycles. The fourth-order valence-corrected chi connectivity index (χ4v) is 13.9. The molecule has 0 spiro atoms. The number of phosphoric ester groups is 2. The smallest absolute Gasteiger partial charge is 0.463 e. The first-order valence-corrected chi connectivity index (χ1v) is 48.8. The summed E-state index contributed by atoms with van der Waals surface area (Å²) in [6, 6.07) is 0. The molecule has 0 aromatic heterocycles. The molecule has 0 rings (SSSR count). The van der Waals surface area contributed by atoms with Gasteiger partial charge in [-0.1, -0.05) is 371 Å². The van der Waals surface area contributed by atoms with Gasteiger partial charge in [-0.15, -0.1) is 0 Å². The topological polar surface area (TPSA) is 231 Å². The van der Waals surface area contributed by atoms with Crippen LogP contribution in [0.1, 0.15) is 380 Å². The molecule has 5 atom stereocenters. The van der Waals surface area contributed by atoms with E-state index in [-0.39, 0.29) is 19.3 Å². The highest BCUT2D eigenvalue weighted by atomic mass is 31.2. The van der Waals surface area contributed by atoms with Crippen LogP contribution in [0.5, 0.6) is 0 Å². The van der Waals surface area contributed by atoms with Crippen LogP contribution in [0.15, 0.2) is 158 Å². The van der Waals surface area contributed by atoms with Crippen LogP contribution in [-0.4, -0.2) is 95.9 Å². The Kier molecular flexibility index (Phi) is 84.7. The van der Waals surface area contributed by atoms with E-state index in [0.717, 1.165) is 173 Å². The summed E-state index contributed by atoms with van der Waals surface area (Å²) < 4.78 is 61.4. The van der Waals surface area contributed by atoms with Gasteiger partial charge in [0.05, 0.1) is 26.4 Å². The number of carbonyl (C=O) groups excluding carboxylic acids is 3. The number of esters is 3. The number of ether oxygens (including phenoxy) is 3. The van der Waals surface area contributed by atoms with E-state index < -0.39 is 91.5 Å². The summed E-state index contributed by atoms with van der Waals surface area (Å²) >= 11 is 0. The fourth-order valence-electron chi connectivity index (χ4n) is 12.3. The number of aliphatic hydroxyl groups excluding tert-OH is 2. The lowest BCUT2D eigenvalue weighted by Gasteiger charge is -2.21. The molecule has 660 valence electrons. The van der Waals surface area contributed by atoms with Crippen LogP contribution < -0.4 is 0 Å². The third kappa shape index (κ3) is 89.8. The Morgan fingerprint density at radius 2 is 0.461 bits per heavy atom. The molecule has 115 heavy (non-hydrogen) atoms. The molecule has 18 heteroatoms. The first-order chi connectivity index (χ1) is 56.2. The van der Waals surface area contributed by atoms with E-state index in [9.17, 15) is 43.5 Å². The molecule has 4 N–H and O–H groups in total. The Hall–Kier alpha value is -4.83. The Labute approximate surface area is 701 Å². The van der Waals surface area contributed by atoms with E-state index in [1.807, 2.05) is 0 Å². The summed E-state index contributed by atoms with van der Waals surface area (Å²) in [5, 5.41) is 20.7. The van der Waals surface area contributed by atoms with Gasteiger partial charge in [0, 0.05) is 19.3 Å².